The summed E-state index contributed by atoms with van der Waals surface area (Å²) in [6.07, 6.45) is 0.457. The van der Waals surface area contributed by atoms with Crippen molar-refractivity contribution >= 4 is 6.03 Å². The van der Waals surface area contributed by atoms with Crippen molar-refractivity contribution in [2.75, 3.05) is 6.54 Å². The molecule has 1 heterocycles. The van der Waals surface area contributed by atoms with Crippen molar-refractivity contribution in [2.45, 2.75) is 33.2 Å². The molecule has 1 unspecified atom stereocenters. The van der Waals surface area contributed by atoms with Gasteiger partial charge in [0.15, 0.2) is 0 Å². The average Bonchev–Trinajstić information content (AvgIpc) is 2.80. The molecule has 4 nitrogen and oxygen atoms in total. The molecule has 2 amide bonds. The number of urea groups is 1. The Morgan fingerprint density at radius 1 is 1.32 bits per heavy atom. The number of hydrogen-bond donors (Lipinski definition) is 2. The Morgan fingerprint density at radius 3 is 2.68 bits per heavy atom. The van der Waals surface area contributed by atoms with Crippen LogP contribution in [0, 0.1) is 19.7 Å². The zero-order valence-electron chi connectivity index (χ0n) is 13.1. The third-order valence-corrected chi connectivity index (χ3v) is 3.53. The molecule has 1 atom stereocenters. The van der Waals surface area contributed by atoms with Crippen LogP contribution in [0.25, 0.3) is 0 Å². The maximum atomic E-state index is 13.5. The Morgan fingerprint density at radius 2 is 2.05 bits per heavy atom. The van der Waals surface area contributed by atoms with Gasteiger partial charge in [-0.05, 0) is 44.9 Å². The summed E-state index contributed by atoms with van der Waals surface area (Å²) < 4.78 is 18.9. The van der Waals surface area contributed by atoms with Gasteiger partial charge in [0.05, 0.1) is 6.04 Å². The number of carbonyl (C=O) groups excluding carboxylic acids is 1. The summed E-state index contributed by atoms with van der Waals surface area (Å²) in [5.74, 6) is 1.38. The summed E-state index contributed by atoms with van der Waals surface area (Å²) in [5.41, 5.74) is 1.55. The second-order valence-electron chi connectivity index (χ2n) is 5.33. The van der Waals surface area contributed by atoms with Crippen molar-refractivity contribution in [3.05, 3.63) is 58.8 Å². The summed E-state index contributed by atoms with van der Waals surface area (Å²) in [4.78, 5) is 11.9. The first-order chi connectivity index (χ1) is 10.5. The van der Waals surface area contributed by atoms with Crippen LogP contribution in [0.3, 0.4) is 0 Å². The standard InChI is InChI=1S/C17H21FN2O2/c1-11-10-15(13(3)22-11)12(2)20-17(21)19-9-8-14-6-4-5-7-16(14)18/h4-7,10,12H,8-9H2,1-3H3,(H2,19,20,21). The molecule has 0 spiro atoms. The van der Waals surface area contributed by atoms with Gasteiger partial charge in [0.2, 0.25) is 0 Å². The number of aryl methyl sites for hydroxylation is 2. The molecule has 0 aliphatic heterocycles. The van der Waals surface area contributed by atoms with Gasteiger partial charge in [0.1, 0.15) is 17.3 Å². The van der Waals surface area contributed by atoms with Gasteiger partial charge >= 0.3 is 6.03 Å². The zero-order chi connectivity index (χ0) is 16.1. The number of nitrogens with one attached hydrogen (secondary N) is 2. The van der Waals surface area contributed by atoms with Gasteiger partial charge in [-0.15, -0.1) is 0 Å². The number of amides is 2. The summed E-state index contributed by atoms with van der Waals surface area (Å²) in [6, 6.07) is 8.06. The van der Waals surface area contributed by atoms with E-state index in [-0.39, 0.29) is 17.9 Å². The fourth-order valence-electron chi connectivity index (χ4n) is 2.42. The first-order valence-corrected chi connectivity index (χ1v) is 7.32. The van der Waals surface area contributed by atoms with Gasteiger partial charge < -0.3 is 15.1 Å². The maximum absolute atomic E-state index is 13.5. The van der Waals surface area contributed by atoms with E-state index in [4.69, 9.17) is 4.42 Å². The lowest BCUT2D eigenvalue weighted by atomic mass is 10.1. The number of benzene rings is 1. The number of rotatable bonds is 5. The maximum Gasteiger partial charge on any atom is 0.315 e. The van der Waals surface area contributed by atoms with E-state index in [9.17, 15) is 9.18 Å². The molecule has 1 aromatic carbocycles. The van der Waals surface area contributed by atoms with Crippen molar-refractivity contribution in [2.24, 2.45) is 0 Å². The van der Waals surface area contributed by atoms with Crippen LogP contribution in [0.2, 0.25) is 0 Å². The number of carbonyl (C=O) groups is 1. The predicted molar refractivity (Wildman–Crippen MR) is 83.2 cm³/mol. The molecule has 0 aliphatic carbocycles. The third-order valence-electron chi connectivity index (χ3n) is 3.53. The lowest BCUT2D eigenvalue weighted by Gasteiger charge is -2.14. The highest BCUT2D eigenvalue weighted by Crippen LogP contribution is 2.20. The van der Waals surface area contributed by atoms with Crippen LogP contribution in [0.4, 0.5) is 9.18 Å². The fourth-order valence-corrected chi connectivity index (χ4v) is 2.42. The number of hydrogen-bond acceptors (Lipinski definition) is 2. The Balaban J connectivity index is 1.81. The second-order valence-corrected chi connectivity index (χ2v) is 5.33. The Bertz CT molecular complexity index is 652. The van der Waals surface area contributed by atoms with Crippen molar-refractivity contribution in [3.8, 4) is 0 Å². The van der Waals surface area contributed by atoms with E-state index < -0.39 is 0 Å². The molecular formula is C17H21FN2O2. The van der Waals surface area contributed by atoms with E-state index >= 15 is 0 Å². The molecule has 118 valence electrons. The van der Waals surface area contributed by atoms with Crippen molar-refractivity contribution < 1.29 is 13.6 Å². The highest BCUT2D eigenvalue weighted by atomic mass is 19.1. The molecule has 2 aromatic rings. The largest absolute Gasteiger partial charge is 0.466 e. The molecule has 0 fully saturated rings. The van der Waals surface area contributed by atoms with Crippen molar-refractivity contribution in [1.29, 1.82) is 0 Å². The highest BCUT2D eigenvalue weighted by molar-refractivity contribution is 5.74. The van der Waals surface area contributed by atoms with Gasteiger partial charge in [-0.3, -0.25) is 0 Å². The van der Waals surface area contributed by atoms with Crippen molar-refractivity contribution in [1.82, 2.24) is 10.6 Å². The molecule has 2 rings (SSSR count). The molecule has 5 heteroatoms. The van der Waals surface area contributed by atoms with Crippen LogP contribution < -0.4 is 10.6 Å². The van der Waals surface area contributed by atoms with E-state index in [0.717, 1.165) is 17.1 Å². The highest BCUT2D eigenvalue weighted by Gasteiger charge is 2.14. The monoisotopic (exact) mass is 304 g/mol. The minimum absolute atomic E-state index is 0.147. The molecule has 0 saturated carbocycles. The van der Waals surface area contributed by atoms with E-state index in [1.54, 1.807) is 18.2 Å². The van der Waals surface area contributed by atoms with Crippen LogP contribution in [0.5, 0.6) is 0 Å². The Kier molecular flexibility index (Phi) is 5.20. The van der Waals surface area contributed by atoms with Crippen molar-refractivity contribution in [3.63, 3.8) is 0 Å². The topological polar surface area (TPSA) is 54.3 Å². The first kappa shape index (κ1) is 16.1. The molecule has 0 bridgehead atoms. The van der Waals surface area contributed by atoms with Gasteiger partial charge in [0, 0.05) is 12.1 Å². The van der Waals surface area contributed by atoms with E-state index in [0.29, 0.717) is 18.5 Å². The van der Waals surface area contributed by atoms with Crippen LogP contribution in [0.15, 0.2) is 34.7 Å². The van der Waals surface area contributed by atoms with Crippen LogP contribution >= 0.6 is 0 Å². The normalized spacial score (nSPS) is 12.0. The van der Waals surface area contributed by atoms with Gasteiger partial charge in [-0.25, -0.2) is 9.18 Å². The van der Waals surface area contributed by atoms with Crippen LogP contribution in [0.1, 0.15) is 35.6 Å². The fraction of sp³-hybridized carbons (Fsp3) is 0.353. The van der Waals surface area contributed by atoms with Crippen LogP contribution in [-0.4, -0.2) is 12.6 Å². The summed E-state index contributed by atoms with van der Waals surface area (Å²) in [5, 5.41) is 5.59. The molecule has 1 aromatic heterocycles. The lowest BCUT2D eigenvalue weighted by molar-refractivity contribution is 0.238. The molecule has 0 aliphatic rings. The minimum atomic E-state index is -0.276. The molecular weight excluding hydrogens is 283 g/mol. The molecule has 2 N–H and O–H groups in total. The first-order valence-electron chi connectivity index (χ1n) is 7.32. The van der Waals surface area contributed by atoms with E-state index in [2.05, 4.69) is 10.6 Å². The van der Waals surface area contributed by atoms with Crippen LogP contribution in [-0.2, 0) is 6.42 Å². The van der Waals surface area contributed by atoms with Gasteiger partial charge in [0.25, 0.3) is 0 Å². The lowest BCUT2D eigenvalue weighted by Crippen LogP contribution is -2.38. The average molecular weight is 304 g/mol. The third kappa shape index (κ3) is 4.10. The number of halogens is 1. The van der Waals surface area contributed by atoms with Gasteiger partial charge in [-0.1, -0.05) is 18.2 Å². The quantitative estimate of drug-likeness (QED) is 0.886. The zero-order valence-corrected chi connectivity index (χ0v) is 13.1. The SMILES string of the molecule is Cc1cc(C(C)NC(=O)NCCc2ccccc2F)c(C)o1. The minimum Gasteiger partial charge on any atom is -0.466 e. The molecule has 0 radical (unpaired) electrons. The second kappa shape index (κ2) is 7.11. The van der Waals surface area contributed by atoms with E-state index in [1.807, 2.05) is 26.8 Å². The summed E-state index contributed by atoms with van der Waals surface area (Å²) in [7, 11) is 0. The van der Waals surface area contributed by atoms with E-state index in [1.165, 1.54) is 6.07 Å². The molecule has 22 heavy (non-hydrogen) atoms. The summed E-state index contributed by atoms with van der Waals surface area (Å²) >= 11 is 0. The van der Waals surface area contributed by atoms with Gasteiger partial charge in [-0.2, -0.15) is 0 Å². The number of furan rings is 1. The smallest absolute Gasteiger partial charge is 0.315 e. The molecule has 0 saturated heterocycles. The Labute approximate surface area is 129 Å². The summed E-state index contributed by atoms with van der Waals surface area (Å²) in [6.45, 7) is 6.02. The Hall–Kier alpha value is -2.30. The predicted octanol–water partition coefficient (Wildman–Crippen LogP) is 3.64.